The van der Waals surface area contributed by atoms with Crippen LogP contribution in [-0.4, -0.2) is 11.1 Å². The van der Waals surface area contributed by atoms with E-state index in [0.29, 0.717) is 5.56 Å². The number of hydrogen-bond acceptors (Lipinski definition) is 2. The predicted molar refractivity (Wildman–Crippen MR) is 78.5 cm³/mol. The number of alkyl halides is 3. The molecule has 2 aromatic rings. The summed E-state index contributed by atoms with van der Waals surface area (Å²) < 4.78 is 44.9. The fourth-order valence-corrected chi connectivity index (χ4v) is 2.15. The first-order chi connectivity index (χ1) is 10.6. The molecule has 0 spiro atoms. The molecule has 6 heteroatoms. The third-order valence-electron chi connectivity index (χ3n) is 3.37. The van der Waals surface area contributed by atoms with Gasteiger partial charge in [0, 0.05) is 0 Å². The highest BCUT2D eigenvalue weighted by molar-refractivity contribution is 5.88. The lowest BCUT2D eigenvalue weighted by atomic mass is 9.97. The molecule has 122 valence electrons. The van der Waals surface area contributed by atoms with Gasteiger partial charge in [0.1, 0.15) is 11.4 Å². The first-order valence-corrected chi connectivity index (χ1v) is 6.80. The maximum atomic E-state index is 13.1. The number of benzene rings is 2. The zero-order valence-electron chi connectivity index (χ0n) is 12.5. The second-order valence-corrected chi connectivity index (χ2v) is 5.49. The van der Waals surface area contributed by atoms with E-state index in [-0.39, 0.29) is 5.56 Å². The lowest BCUT2D eigenvalue weighted by molar-refractivity contribution is -0.139. The number of carboxylic acid groups (broad SMARTS) is 1. The van der Waals surface area contributed by atoms with Crippen molar-refractivity contribution in [1.82, 2.24) is 0 Å². The fourth-order valence-electron chi connectivity index (χ4n) is 2.15. The van der Waals surface area contributed by atoms with Crippen LogP contribution in [0.15, 0.2) is 48.5 Å². The molecule has 0 saturated carbocycles. The van der Waals surface area contributed by atoms with Crippen LogP contribution in [0.4, 0.5) is 13.2 Å². The summed E-state index contributed by atoms with van der Waals surface area (Å²) in [7, 11) is 0. The van der Waals surface area contributed by atoms with Crippen LogP contribution in [0.25, 0.3) is 0 Å². The molecule has 2 rings (SSSR count). The van der Waals surface area contributed by atoms with Crippen molar-refractivity contribution in [2.24, 2.45) is 0 Å². The van der Waals surface area contributed by atoms with E-state index in [1.807, 2.05) is 0 Å². The lowest BCUT2D eigenvalue weighted by Gasteiger charge is -2.28. The molecule has 0 fully saturated rings. The Balaban J connectivity index is 2.48. The Hall–Kier alpha value is -2.50. The van der Waals surface area contributed by atoms with Crippen molar-refractivity contribution < 1.29 is 27.8 Å². The molecule has 0 aromatic heterocycles. The topological polar surface area (TPSA) is 46.5 Å². The van der Waals surface area contributed by atoms with Gasteiger partial charge >= 0.3 is 12.1 Å². The average Bonchev–Trinajstić information content (AvgIpc) is 2.46. The fraction of sp³-hybridized carbons (Fsp3) is 0.235. The number of halogens is 3. The molecular formula is C17H15F3O3. The van der Waals surface area contributed by atoms with Gasteiger partial charge in [-0.25, -0.2) is 4.79 Å². The van der Waals surface area contributed by atoms with E-state index >= 15 is 0 Å². The molecule has 0 bridgehead atoms. The number of ether oxygens (including phenoxy) is 1. The number of hydrogen-bond donors (Lipinski definition) is 1. The summed E-state index contributed by atoms with van der Waals surface area (Å²) in [6.45, 7) is 3.24. The Morgan fingerprint density at radius 1 is 1.04 bits per heavy atom. The molecule has 23 heavy (non-hydrogen) atoms. The molecule has 0 amide bonds. The monoisotopic (exact) mass is 324 g/mol. The van der Waals surface area contributed by atoms with Crippen molar-refractivity contribution in [1.29, 1.82) is 0 Å². The summed E-state index contributed by atoms with van der Waals surface area (Å²) >= 11 is 0. The van der Waals surface area contributed by atoms with Crippen LogP contribution in [0.1, 0.15) is 35.3 Å². The van der Waals surface area contributed by atoms with Crippen LogP contribution in [-0.2, 0) is 11.8 Å². The Morgan fingerprint density at radius 3 is 2.17 bits per heavy atom. The van der Waals surface area contributed by atoms with Crippen molar-refractivity contribution in [3.63, 3.8) is 0 Å². The van der Waals surface area contributed by atoms with E-state index in [0.717, 1.165) is 18.2 Å². The van der Waals surface area contributed by atoms with Gasteiger partial charge in [0.05, 0.1) is 11.1 Å². The maximum absolute atomic E-state index is 13.1. The SMILES string of the molecule is CC(C)(Oc1cc(C(=O)O)ccc1C(F)(F)F)c1ccccc1. The third-order valence-corrected chi connectivity index (χ3v) is 3.37. The summed E-state index contributed by atoms with van der Waals surface area (Å²) in [4.78, 5) is 11.0. The molecular weight excluding hydrogens is 309 g/mol. The summed E-state index contributed by atoms with van der Waals surface area (Å²) in [5, 5.41) is 8.98. The van der Waals surface area contributed by atoms with Gasteiger partial charge < -0.3 is 9.84 Å². The molecule has 0 aliphatic heterocycles. The van der Waals surface area contributed by atoms with Crippen LogP contribution in [0.5, 0.6) is 5.75 Å². The quantitative estimate of drug-likeness (QED) is 0.885. The Kier molecular flexibility index (Phi) is 4.36. The van der Waals surface area contributed by atoms with Crippen molar-refractivity contribution in [3.05, 3.63) is 65.2 Å². The van der Waals surface area contributed by atoms with Gasteiger partial charge in [-0.1, -0.05) is 30.3 Å². The zero-order chi connectivity index (χ0) is 17.3. The number of carbonyl (C=O) groups is 1. The minimum absolute atomic E-state index is 0.267. The second-order valence-electron chi connectivity index (χ2n) is 5.49. The molecule has 2 aromatic carbocycles. The molecule has 0 unspecified atom stereocenters. The van der Waals surface area contributed by atoms with E-state index < -0.39 is 29.1 Å². The minimum atomic E-state index is -4.64. The highest BCUT2D eigenvalue weighted by Crippen LogP contribution is 2.39. The predicted octanol–water partition coefficient (Wildman–Crippen LogP) is 4.72. The van der Waals surface area contributed by atoms with Crippen LogP contribution in [0, 0.1) is 0 Å². The molecule has 0 saturated heterocycles. The lowest BCUT2D eigenvalue weighted by Crippen LogP contribution is -2.26. The zero-order valence-corrected chi connectivity index (χ0v) is 12.5. The number of aromatic carboxylic acids is 1. The first kappa shape index (κ1) is 16.9. The number of carboxylic acids is 1. The molecule has 3 nitrogen and oxygen atoms in total. The van der Waals surface area contributed by atoms with Crippen molar-refractivity contribution in [3.8, 4) is 5.75 Å². The van der Waals surface area contributed by atoms with Crippen molar-refractivity contribution in [2.45, 2.75) is 25.6 Å². The van der Waals surface area contributed by atoms with Gasteiger partial charge in [0.2, 0.25) is 0 Å². The van der Waals surface area contributed by atoms with Crippen LogP contribution in [0.3, 0.4) is 0 Å². The smallest absolute Gasteiger partial charge is 0.419 e. The maximum Gasteiger partial charge on any atom is 0.419 e. The van der Waals surface area contributed by atoms with Gasteiger partial charge in [-0.3, -0.25) is 0 Å². The molecule has 1 N–H and O–H groups in total. The van der Waals surface area contributed by atoms with E-state index in [1.165, 1.54) is 0 Å². The summed E-state index contributed by atoms with van der Waals surface area (Å²) in [5.74, 6) is -1.83. The van der Waals surface area contributed by atoms with E-state index in [1.54, 1.807) is 44.2 Å². The number of rotatable bonds is 4. The van der Waals surface area contributed by atoms with Gasteiger partial charge in [0.15, 0.2) is 0 Å². The Labute approximate surface area is 131 Å². The largest absolute Gasteiger partial charge is 0.483 e. The highest BCUT2D eigenvalue weighted by Gasteiger charge is 2.36. The van der Waals surface area contributed by atoms with Gasteiger partial charge in [-0.05, 0) is 37.6 Å². The summed E-state index contributed by atoms with van der Waals surface area (Å²) in [6, 6.07) is 11.3. The standard InChI is InChI=1S/C17H15F3O3/c1-16(2,12-6-4-3-5-7-12)23-14-10-11(15(21)22)8-9-13(14)17(18,19)20/h3-10H,1-2H3,(H,21,22). The van der Waals surface area contributed by atoms with E-state index in [9.17, 15) is 18.0 Å². The Bertz CT molecular complexity index is 707. The summed E-state index contributed by atoms with van der Waals surface area (Å²) in [5.41, 5.74) is -1.66. The van der Waals surface area contributed by atoms with Gasteiger partial charge in [-0.2, -0.15) is 13.2 Å². The van der Waals surface area contributed by atoms with Gasteiger partial charge in [0.25, 0.3) is 0 Å². The molecule has 0 aliphatic rings. The molecule has 0 heterocycles. The summed E-state index contributed by atoms with van der Waals surface area (Å²) in [6.07, 6.45) is -4.64. The van der Waals surface area contributed by atoms with Crippen LogP contribution in [0.2, 0.25) is 0 Å². The van der Waals surface area contributed by atoms with Crippen molar-refractivity contribution >= 4 is 5.97 Å². The van der Waals surface area contributed by atoms with Gasteiger partial charge in [-0.15, -0.1) is 0 Å². The second kappa shape index (κ2) is 5.95. The third kappa shape index (κ3) is 3.83. The van der Waals surface area contributed by atoms with E-state index in [2.05, 4.69) is 0 Å². The molecule has 0 radical (unpaired) electrons. The Morgan fingerprint density at radius 2 is 1.65 bits per heavy atom. The van der Waals surface area contributed by atoms with Crippen LogP contribution >= 0.6 is 0 Å². The highest BCUT2D eigenvalue weighted by atomic mass is 19.4. The molecule has 0 atom stereocenters. The van der Waals surface area contributed by atoms with E-state index in [4.69, 9.17) is 9.84 Å². The van der Waals surface area contributed by atoms with Crippen LogP contribution < -0.4 is 4.74 Å². The minimum Gasteiger partial charge on any atom is -0.483 e. The first-order valence-electron chi connectivity index (χ1n) is 6.80. The molecule has 0 aliphatic carbocycles. The van der Waals surface area contributed by atoms with Crippen molar-refractivity contribution in [2.75, 3.05) is 0 Å². The normalized spacial score (nSPS) is 12.0. The average molecular weight is 324 g/mol.